The third kappa shape index (κ3) is 7.01. The Labute approximate surface area is 193 Å². The number of nitrogens with zero attached hydrogens (tertiary/aromatic N) is 1. The van der Waals surface area contributed by atoms with Gasteiger partial charge in [0, 0.05) is 24.7 Å². The highest BCUT2D eigenvalue weighted by Crippen LogP contribution is 2.28. The van der Waals surface area contributed by atoms with Gasteiger partial charge in [-0.2, -0.15) is 0 Å². The zero-order valence-electron chi connectivity index (χ0n) is 17.6. The SMILES string of the molecule is COc1ccccc1CNC(=O)CN1CCCC(O)(COc2ccc(Cl)c(Cl)c2)CC1. The molecule has 168 valence electrons. The summed E-state index contributed by atoms with van der Waals surface area (Å²) in [5, 5.41) is 14.8. The average Bonchev–Trinajstić information content (AvgIpc) is 2.95. The van der Waals surface area contributed by atoms with Crippen molar-refractivity contribution in [3.63, 3.8) is 0 Å². The smallest absolute Gasteiger partial charge is 0.234 e. The van der Waals surface area contributed by atoms with E-state index in [1.54, 1.807) is 25.3 Å². The molecule has 6 nitrogen and oxygen atoms in total. The number of carbonyl (C=O) groups is 1. The highest BCUT2D eigenvalue weighted by atomic mass is 35.5. The predicted molar refractivity (Wildman–Crippen MR) is 122 cm³/mol. The Kier molecular flexibility index (Phi) is 8.43. The van der Waals surface area contributed by atoms with Gasteiger partial charge < -0.3 is 19.9 Å². The summed E-state index contributed by atoms with van der Waals surface area (Å²) in [6, 6.07) is 12.7. The highest BCUT2D eigenvalue weighted by molar-refractivity contribution is 6.42. The molecule has 2 N–H and O–H groups in total. The van der Waals surface area contributed by atoms with Gasteiger partial charge in [-0.05, 0) is 44.0 Å². The van der Waals surface area contributed by atoms with Crippen LogP contribution in [0.3, 0.4) is 0 Å². The topological polar surface area (TPSA) is 71.0 Å². The van der Waals surface area contributed by atoms with Crippen LogP contribution in [0, 0.1) is 0 Å². The number of hydrogen-bond donors (Lipinski definition) is 2. The van der Waals surface area contributed by atoms with Crippen LogP contribution in [-0.2, 0) is 11.3 Å². The van der Waals surface area contributed by atoms with Gasteiger partial charge in [-0.15, -0.1) is 0 Å². The molecule has 1 amide bonds. The molecule has 3 rings (SSSR count). The molecule has 1 unspecified atom stereocenters. The molecule has 0 saturated carbocycles. The molecule has 1 atom stereocenters. The van der Waals surface area contributed by atoms with Crippen LogP contribution in [-0.4, -0.2) is 54.9 Å². The fraction of sp³-hybridized carbons (Fsp3) is 0.435. The van der Waals surface area contributed by atoms with Crippen LogP contribution in [0.4, 0.5) is 0 Å². The number of benzene rings is 2. The van der Waals surface area contributed by atoms with E-state index in [-0.39, 0.29) is 12.5 Å². The molecule has 1 aliphatic rings. The molecular formula is C23H28Cl2N2O4. The van der Waals surface area contributed by atoms with Gasteiger partial charge in [0.25, 0.3) is 0 Å². The van der Waals surface area contributed by atoms with Crippen LogP contribution in [0.2, 0.25) is 10.0 Å². The van der Waals surface area contributed by atoms with Gasteiger partial charge in [0.1, 0.15) is 18.1 Å². The number of carbonyl (C=O) groups excluding carboxylic acids is 1. The number of hydrogen-bond acceptors (Lipinski definition) is 5. The first-order valence-electron chi connectivity index (χ1n) is 10.3. The summed E-state index contributed by atoms with van der Waals surface area (Å²) in [4.78, 5) is 14.5. The lowest BCUT2D eigenvalue weighted by Crippen LogP contribution is -2.40. The number of aliphatic hydroxyl groups is 1. The monoisotopic (exact) mass is 466 g/mol. The quantitative estimate of drug-likeness (QED) is 0.616. The van der Waals surface area contributed by atoms with Gasteiger partial charge in [-0.25, -0.2) is 0 Å². The number of halogens is 2. The summed E-state index contributed by atoms with van der Waals surface area (Å²) in [6.45, 7) is 2.23. The van der Waals surface area contributed by atoms with Crippen molar-refractivity contribution in [1.29, 1.82) is 0 Å². The Hall–Kier alpha value is -1.99. The third-order valence-electron chi connectivity index (χ3n) is 5.44. The third-order valence-corrected chi connectivity index (χ3v) is 6.18. The van der Waals surface area contributed by atoms with Crippen LogP contribution in [0.25, 0.3) is 0 Å². The van der Waals surface area contributed by atoms with E-state index in [9.17, 15) is 9.90 Å². The van der Waals surface area contributed by atoms with Crippen molar-refractivity contribution in [2.75, 3.05) is 33.4 Å². The summed E-state index contributed by atoms with van der Waals surface area (Å²) >= 11 is 11.9. The molecule has 1 heterocycles. The molecule has 0 bridgehead atoms. The summed E-state index contributed by atoms with van der Waals surface area (Å²) in [6.07, 6.45) is 1.91. The summed E-state index contributed by atoms with van der Waals surface area (Å²) < 4.78 is 11.1. The zero-order valence-corrected chi connectivity index (χ0v) is 19.1. The second-order valence-corrected chi connectivity index (χ2v) is 8.62. The van der Waals surface area contributed by atoms with Crippen molar-refractivity contribution in [3.8, 4) is 11.5 Å². The molecule has 1 saturated heterocycles. The molecule has 0 radical (unpaired) electrons. The van der Waals surface area contributed by atoms with Crippen molar-refractivity contribution in [3.05, 3.63) is 58.1 Å². The molecule has 8 heteroatoms. The Morgan fingerprint density at radius 1 is 1.16 bits per heavy atom. The van der Waals surface area contributed by atoms with E-state index in [4.69, 9.17) is 32.7 Å². The number of methoxy groups -OCH3 is 1. The molecule has 31 heavy (non-hydrogen) atoms. The molecule has 0 aromatic heterocycles. The number of likely N-dealkylation sites (tertiary alicyclic amines) is 1. The van der Waals surface area contributed by atoms with E-state index in [1.165, 1.54) is 0 Å². The Balaban J connectivity index is 1.46. The van der Waals surface area contributed by atoms with Gasteiger partial charge in [0.2, 0.25) is 5.91 Å². The number of amides is 1. The van der Waals surface area contributed by atoms with Crippen molar-refractivity contribution < 1.29 is 19.4 Å². The molecule has 0 aliphatic carbocycles. The lowest BCUT2D eigenvalue weighted by Gasteiger charge is -2.27. The Bertz CT molecular complexity index is 896. The first kappa shape index (κ1) is 23.7. The van der Waals surface area contributed by atoms with Gasteiger partial charge in [-0.1, -0.05) is 41.4 Å². The van der Waals surface area contributed by atoms with Crippen molar-refractivity contribution >= 4 is 29.1 Å². The number of rotatable bonds is 8. The second-order valence-electron chi connectivity index (χ2n) is 7.81. The largest absolute Gasteiger partial charge is 0.496 e. The van der Waals surface area contributed by atoms with Gasteiger partial charge >= 0.3 is 0 Å². The van der Waals surface area contributed by atoms with E-state index in [0.29, 0.717) is 48.3 Å². The van der Waals surface area contributed by atoms with Crippen LogP contribution in [0.15, 0.2) is 42.5 Å². The standard InChI is InChI=1S/C23H28Cl2N2O4/c1-30-21-6-3-2-5-17(21)14-26-22(28)15-27-11-4-9-23(29,10-12-27)16-31-18-7-8-19(24)20(25)13-18/h2-3,5-8,13,29H,4,9-12,14-16H2,1H3,(H,26,28). The molecular weight excluding hydrogens is 439 g/mol. The van der Waals surface area contributed by atoms with Crippen molar-refractivity contribution in [2.45, 2.75) is 31.4 Å². The minimum absolute atomic E-state index is 0.0524. The van der Waals surface area contributed by atoms with E-state index >= 15 is 0 Å². The molecule has 0 spiro atoms. The van der Waals surface area contributed by atoms with Crippen LogP contribution >= 0.6 is 23.2 Å². The van der Waals surface area contributed by atoms with Gasteiger partial charge in [0.15, 0.2) is 0 Å². The first-order chi connectivity index (χ1) is 14.9. The zero-order chi connectivity index (χ0) is 22.3. The van der Waals surface area contributed by atoms with E-state index in [2.05, 4.69) is 10.2 Å². The maximum absolute atomic E-state index is 12.4. The van der Waals surface area contributed by atoms with Gasteiger partial charge in [-0.3, -0.25) is 9.69 Å². The fourth-order valence-corrected chi connectivity index (χ4v) is 3.91. The Morgan fingerprint density at radius 2 is 1.97 bits per heavy atom. The maximum Gasteiger partial charge on any atom is 0.234 e. The fourth-order valence-electron chi connectivity index (χ4n) is 3.62. The van der Waals surface area contributed by atoms with E-state index in [1.807, 2.05) is 24.3 Å². The maximum atomic E-state index is 12.4. The predicted octanol–water partition coefficient (Wildman–Crippen LogP) is 3.91. The van der Waals surface area contributed by atoms with Crippen LogP contribution in [0.1, 0.15) is 24.8 Å². The molecule has 1 fully saturated rings. The first-order valence-corrected chi connectivity index (χ1v) is 11.1. The van der Waals surface area contributed by atoms with Crippen LogP contribution < -0.4 is 14.8 Å². The van der Waals surface area contributed by atoms with Crippen molar-refractivity contribution in [1.82, 2.24) is 10.2 Å². The minimum atomic E-state index is -0.950. The number of ether oxygens (including phenoxy) is 2. The summed E-state index contributed by atoms with van der Waals surface area (Å²) in [5.41, 5.74) is -0.0163. The van der Waals surface area contributed by atoms with Gasteiger partial charge in [0.05, 0.1) is 29.3 Å². The lowest BCUT2D eigenvalue weighted by atomic mass is 9.96. The minimum Gasteiger partial charge on any atom is -0.496 e. The molecule has 2 aromatic rings. The van der Waals surface area contributed by atoms with Crippen LogP contribution in [0.5, 0.6) is 11.5 Å². The van der Waals surface area contributed by atoms with E-state index < -0.39 is 5.60 Å². The second kappa shape index (κ2) is 11.0. The van der Waals surface area contributed by atoms with E-state index in [0.717, 1.165) is 24.3 Å². The molecule has 1 aliphatic heterocycles. The normalized spacial score (nSPS) is 19.5. The van der Waals surface area contributed by atoms with Crippen molar-refractivity contribution in [2.24, 2.45) is 0 Å². The number of para-hydroxylation sites is 1. The lowest BCUT2D eigenvalue weighted by molar-refractivity contribution is -0.122. The molecule has 2 aromatic carbocycles. The number of nitrogens with one attached hydrogen (secondary N) is 1. The summed E-state index contributed by atoms with van der Waals surface area (Å²) in [5.74, 6) is 1.27. The summed E-state index contributed by atoms with van der Waals surface area (Å²) in [7, 11) is 1.62. The highest BCUT2D eigenvalue weighted by Gasteiger charge is 2.31. The average molecular weight is 467 g/mol. The Morgan fingerprint density at radius 3 is 2.74 bits per heavy atom.